The molecule has 1 fully saturated rings. The molecular weight excluding hydrogens is 580 g/mol. The Morgan fingerprint density at radius 3 is 2.69 bits per heavy atom. The summed E-state index contributed by atoms with van der Waals surface area (Å²) >= 11 is 11.4. The van der Waals surface area contributed by atoms with E-state index in [0.29, 0.717) is 0 Å². The average molecular weight is 606 g/mol. The van der Waals surface area contributed by atoms with Crippen LogP contribution in [0.3, 0.4) is 0 Å². The zero-order chi connectivity index (χ0) is 29.1. The van der Waals surface area contributed by atoms with Gasteiger partial charge in [-0.25, -0.2) is 14.3 Å². The summed E-state index contributed by atoms with van der Waals surface area (Å²) in [5, 5.41) is 24.3. The number of carbonyl (C=O) groups excluding carboxylic acids is 1. The molecule has 1 aliphatic heterocycles. The fraction of sp³-hybridized carbons (Fsp3) is 0.435. The van der Waals surface area contributed by atoms with Crippen molar-refractivity contribution in [3.05, 3.63) is 62.1 Å². The number of aromatic nitrogens is 2. The van der Waals surface area contributed by atoms with Crippen LogP contribution >= 0.6 is 18.2 Å². The second-order valence-electron chi connectivity index (χ2n) is 8.76. The van der Waals surface area contributed by atoms with Gasteiger partial charge < -0.3 is 28.7 Å². The third kappa shape index (κ3) is 7.13. The number of hydrogen-bond acceptors (Lipinski definition) is 10. The first-order valence-corrected chi connectivity index (χ1v) is 14.4. The highest BCUT2D eigenvalue weighted by atomic mass is 35.5. The summed E-state index contributed by atoms with van der Waals surface area (Å²) in [4.78, 5) is 38.1. The van der Waals surface area contributed by atoms with Gasteiger partial charge in [-0.2, -0.15) is 0 Å². The highest BCUT2D eigenvalue weighted by Crippen LogP contribution is 2.47. The van der Waals surface area contributed by atoms with Crippen LogP contribution < -0.4 is 20.9 Å². The summed E-state index contributed by atoms with van der Waals surface area (Å²) in [7, 11) is 0. The number of carbonyl (C=O) groups is 1. The molecule has 4 N–H and O–H groups in total. The smallest absolute Gasteiger partial charge is 0.330 e. The van der Waals surface area contributed by atoms with Crippen molar-refractivity contribution in [2.45, 2.75) is 57.0 Å². The summed E-state index contributed by atoms with van der Waals surface area (Å²) in [6.07, 6.45) is 1.31. The minimum atomic E-state index is -3.71. The van der Waals surface area contributed by atoms with Gasteiger partial charge >= 0.3 is 18.3 Å². The Morgan fingerprint density at radius 2 is 2.10 bits per heavy atom. The standard InChI is InChI=1S/C23H26ClFN3O9PS/c1-5-23(33)19(30)17(36-21(23)28-9-8-18(29)26-22(28)32)11-34-38(39,27-13(4)20(31)35-12(2)3)37-14-6-7-16(25)15(24)10-14/h1,6-10,12-13,17,19,21,30,33H,11H2,2-4H3,(H,27,39)(H,26,29,32). The predicted octanol–water partition coefficient (Wildman–Crippen LogP) is 1.20. The zero-order valence-corrected chi connectivity index (χ0v) is 23.3. The summed E-state index contributed by atoms with van der Waals surface area (Å²) < 4.78 is 36.9. The van der Waals surface area contributed by atoms with E-state index in [1.165, 1.54) is 13.0 Å². The maximum Gasteiger partial charge on any atom is 0.330 e. The zero-order valence-electron chi connectivity index (χ0n) is 20.9. The maximum atomic E-state index is 13.7. The Kier molecular flexibility index (Phi) is 9.74. The van der Waals surface area contributed by atoms with Crippen molar-refractivity contribution in [2.75, 3.05) is 6.61 Å². The second-order valence-corrected chi connectivity index (χ2v) is 12.3. The molecule has 2 aromatic rings. The molecule has 2 heterocycles. The topological polar surface area (TPSA) is 161 Å². The monoisotopic (exact) mass is 605 g/mol. The number of esters is 1. The molecule has 39 heavy (non-hydrogen) atoms. The highest BCUT2D eigenvalue weighted by molar-refractivity contribution is 8.09. The lowest BCUT2D eigenvalue weighted by atomic mass is 9.95. The SMILES string of the molecule is C#CC1(O)C(O)C(COP(=S)(NC(C)C(=O)OC(C)C)Oc2ccc(F)c(Cl)c2)OC1n1ccc(=O)[nH]c1=O. The van der Waals surface area contributed by atoms with E-state index < -0.39 is 72.5 Å². The van der Waals surface area contributed by atoms with E-state index in [4.69, 9.17) is 48.4 Å². The molecule has 0 amide bonds. The molecule has 6 atom stereocenters. The van der Waals surface area contributed by atoms with Crippen molar-refractivity contribution in [3.8, 4) is 18.1 Å². The Morgan fingerprint density at radius 1 is 1.41 bits per heavy atom. The van der Waals surface area contributed by atoms with Crippen LogP contribution in [-0.2, 0) is 30.6 Å². The summed E-state index contributed by atoms with van der Waals surface area (Å²) in [5.41, 5.74) is -4.06. The Labute approximate surface area is 232 Å². The molecule has 12 nitrogen and oxygen atoms in total. The van der Waals surface area contributed by atoms with Crippen LogP contribution in [-0.4, -0.2) is 62.3 Å². The first-order chi connectivity index (χ1) is 18.2. The number of hydrogen-bond donors (Lipinski definition) is 4. The fourth-order valence-corrected chi connectivity index (χ4v) is 6.09. The first kappa shape index (κ1) is 30.9. The summed E-state index contributed by atoms with van der Waals surface area (Å²) in [6, 6.07) is 3.40. The lowest BCUT2D eigenvalue weighted by Crippen LogP contribution is -2.48. The van der Waals surface area contributed by atoms with Crippen molar-refractivity contribution in [3.63, 3.8) is 0 Å². The number of nitrogens with zero attached hydrogens (tertiary/aromatic N) is 1. The normalized spacial score (nSPS) is 25.1. The van der Waals surface area contributed by atoms with Gasteiger partial charge in [0.1, 0.15) is 29.8 Å². The molecule has 1 aliphatic rings. The van der Waals surface area contributed by atoms with Crippen LogP contribution in [0.25, 0.3) is 0 Å². The van der Waals surface area contributed by atoms with E-state index in [-0.39, 0.29) is 10.8 Å². The molecule has 0 radical (unpaired) electrons. The van der Waals surface area contributed by atoms with Gasteiger partial charge in [0, 0.05) is 18.3 Å². The van der Waals surface area contributed by atoms with Crippen LogP contribution in [0.5, 0.6) is 5.75 Å². The van der Waals surface area contributed by atoms with E-state index in [1.807, 2.05) is 10.9 Å². The Hall–Kier alpha value is -2.60. The molecule has 16 heteroatoms. The number of aromatic amines is 1. The van der Waals surface area contributed by atoms with E-state index in [1.54, 1.807) is 13.8 Å². The third-order valence-electron chi connectivity index (χ3n) is 5.40. The van der Waals surface area contributed by atoms with Crippen LogP contribution in [0.15, 0.2) is 40.1 Å². The number of aliphatic hydroxyl groups excluding tert-OH is 1. The number of benzene rings is 1. The van der Waals surface area contributed by atoms with Gasteiger partial charge in [0.15, 0.2) is 11.8 Å². The molecule has 0 bridgehead atoms. The number of nitrogens with one attached hydrogen (secondary N) is 2. The molecule has 1 aromatic heterocycles. The molecule has 1 aromatic carbocycles. The number of terminal acetylenes is 1. The molecule has 0 saturated carbocycles. The van der Waals surface area contributed by atoms with Crippen LogP contribution in [0, 0.1) is 18.2 Å². The lowest BCUT2D eigenvalue weighted by Gasteiger charge is -2.28. The van der Waals surface area contributed by atoms with Crippen LogP contribution in [0.2, 0.25) is 5.02 Å². The van der Waals surface area contributed by atoms with Crippen LogP contribution in [0.4, 0.5) is 4.39 Å². The molecule has 0 spiro atoms. The van der Waals surface area contributed by atoms with Gasteiger partial charge in [0.05, 0.1) is 17.7 Å². The minimum Gasteiger partial charge on any atom is -0.462 e. The molecule has 212 valence electrons. The van der Waals surface area contributed by atoms with E-state index >= 15 is 0 Å². The van der Waals surface area contributed by atoms with Crippen molar-refractivity contribution >= 4 is 36.0 Å². The summed E-state index contributed by atoms with van der Waals surface area (Å²) in [6.45, 7) is 0.508. The average Bonchev–Trinajstić information content (AvgIpc) is 3.10. The highest BCUT2D eigenvalue weighted by Gasteiger charge is 2.56. The molecule has 3 rings (SSSR count). The predicted molar refractivity (Wildman–Crippen MR) is 141 cm³/mol. The van der Waals surface area contributed by atoms with Crippen LogP contribution in [0.1, 0.15) is 27.0 Å². The second kappa shape index (κ2) is 12.3. The van der Waals surface area contributed by atoms with Gasteiger partial charge in [-0.1, -0.05) is 17.5 Å². The van der Waals surface area contributed by atoms with Gasteiger partial charge in [-0.05, 0) is 44.7 Å². The quantitative estimate of drug-likeness (QED) is 0.175. The van der Waals surface area contributed by atoms with Crippen molar-refractivity contribution in [1.82, 2.24) is 14.6 Å². The van der Waals surface area contributed by atoms with Gasteiger partial charge in [0.25, 0.3) is 5.56 Å². The van der Waals surface area contributed by atoms with Gasteiger partial charge in [0.2, 0.25) is 0 Å². The third-order valence-corrected chi connectivity index (χ3v) is 8.19. The molecular formula is C23H26ClFN3O9PS. The summed E-state index contributed by atoms with van der Waals surface area (Å²) in [5.74, 6) is 0.654. The lowest BCUT2D eigenvalue weighted by molar-refractivity contribution is -0.149. The number of ether oxygens (including phenoxy) is 2. The van der Waals surface area contributed by atoms with E-state index in [9.17, 15) is 29.0 Å². The van der Waals surface area contributed by atoms with Crippen molar-refractivity contribution in [1.29, 1.82) is 0 Å². The molecule has 0 aliphatic carbocycles. The Balaban J connectivity index is 1.87. The number of H-pyrrole nitrogens is 1. The number of aliphatic hydroxyl groups is 2. The molecule has 1 saturated heterocycles. The van der Waals surface area contributed by atoms with Crippen molar-refractivity contribution < 1.29 is 37.9 Å². The van der Waals surface area contributed by atoms with Gasteiger partial charge in [-0.3, -0.25) is 19.1 Å². The van der Waals surface area contributed by atoms with E-state index in [0.717, 1.165) is 29.0 Å². The Bertz CT molecular complexity index is 1430. The number of rotatable bonds is 10. The first-order valence-electron chi connectivity index (χ1n) is 11.4. The van der Waals surface area contributed by atoms with E-state index in [2.05, 4.69) is 5.09 Å². The minimum absolute atomic E-state index is 0.00680. The van der Waals surface area contributed by atoms with Crippen molar-refractivity contribution in [2.24, 2.45) is 0 Å². The largest absolute Gasteiger partial charge is 0.462 e. The fourth-order valence-electron chi connectivity index (χ4n) is 3.51. The molecule has 6 unspecified atom stereocenters. The number of halogens is 2. The maximum absolute atomic E-state index is 13.7. The van der Waals surface area contributed by atoms with Gasteiger partial charge in [-0.15, -0.1) is 6.42 Å².